The van der Waals surface area contributed by atoms with Crippen LogP contribution in [-0.2, 0) is 4.74 Å². The van der Waals surface area contributed by atoms with Gasteiger partial charge in [0.1, 0.15) is 11.5 Å². The Hall–Kier alpha value is -3.14. The number of hydrogen-bond donors (Lipinski definition) is 3. The van der Waals surface area contributed by atoms with Gasteiger partial charge in [-0.1, -0.05) is 35.8 Å². The Morgan fingerprint density at radius 3 is 2.62 bits per heavy atom. The second-order valence-electron chi connectivity index (χ2n) is 8.21. The maximum absolute atomic E-state index is 11.9. The van der Waals surface area contributed by atoms with Crippen LogP contribution in [-0.4, -0.2) is 54.1 Å². The van der Waals surface area contributed by atoms with Crippen molar-refractivity contribution in [1.82, 2.24) is 9.97 Å². The van der Waals surface area contributed by atoms with Crippen LogP contribution in [0.1, 0.15) is 29.9 Å². The quantitative estimate of drug-likeness (QED) is 0.268. The zero-order chi connectivity index (χ0) is 24.8. The summed E-state index contributed by atoms with van der Waals surface area (Å²) in [6.45, 7) is 5.14. The minimum Gasteiger partial charge on any atom is -0.477 e. The van der Waals surface area contributed by atoms with E-state index in [9.17, 15) is 9.90 Å². The zero-order valence-electron chi connectivity index (χ0n) is 19.7. The number of hydrogen-bond acceptors (Lipinski definition) is 6. The lowest BCUT2D eigenvalue weighted by molar-refractivity contribution is -0.483. The lowest BCUT2D eigenvalue weighted by atomic mass is 9.92. The number of halogens is 1. The third-order valence-corrected chi connectivity index (χ3v) is 5.84. The van der Waals surface area contributed by atoms with Crippen LogP contribution in [0.4, 0.5) is 17.3 Å². The van der Waals surface area contributed by atoms with Crippen LogP contribution >= 0.6 is 15.9 Å². The average Bonchev–Trinajstić information content (AvgIpc) is 2.81. The van der Waals surface area contributed by atoms with Gasteiger partial charge >= 0.3 is 5.97 Å². The van der Waals surface area contributed by atoms with E-state index in [1.54, 1.807) is 13.3 Å². The molecule has 0 atom stereocenters. The first-order valence-corrected chi connectivity index (χ1v) is 11.6. The maximum atomic E-state index is 11.9. The molecular weight excluding hydrogens is 498 g/mol. The van der Waals surface area contributed by atoms with Crippen molar-refractivity contribution in [3.05, 3.63) is 64.4 Å². The maximum Gasteiger partial charge on any atom is 0.354 e. The van der Waals surface area contributed by atoms with E-state index < -0.39 is 5.97 Å². The summed E-state index contributed by atoms with van der Waals surface area (Å²) in [6.07, 6.45) is 1.71. The normalized spacial score (nSPS) is 11.0. The average molecular weight is 527 g/mol. The number of nitrogens with one attached hydrogen (secondary N) is 1. The molecule has 0 amide bonds. The minimum absolute atomic E-state index is 0.0849. The Morgan fingerprint density at radius 1 is 1.26 bits per heavy atom. The fourth-order valence-electron chi connectivity index (χ4n) is 3.45. The number of nitrogens with zero attached hydrogens (tertiary/aromatic N) is 3. The van der Waals surface area contributed by atoms with Gasteiger partial charge in [-0.3, -0.25) is 5.32 Å². The predicted molar refractivity (Wildman–Crippen MR) is 137 cm³/mol. The smallest absolute Gasteiger partial charge is 0.354 e. The first kappa shape index (κ1) is 25.5. The van der Waals surface area contributed by atoms with Crippen molar-refractivity contribution in [3.8, 4) is 11.1 Å². The number of aromatic nitrogens is 2. The van der Waals surface area contributed by atoms with Crippen molar-refractivity contribution in [2.75, 3.05) is 32.2 Å². The molecule has 0 bridgehead atoms. The number of carboxylic acids is 1. The molecule has 2 heterocycles. The Morgan fingerprint density at radius 2 is 2.03 bits per heavy atom. The van der Waals surface area contributed by atoms with E-state index in [-0.39, 0.29) is 11.6 Å². The van der Waals surface area contributed by atoms with Gasteiger partial charge in [0.25, 0.3) is 0 Å². The number of quaternary nitrogens is 1. The molecule has 9 heteroatoms. The molecule has 0 aliphatic rings. The summed E-state index contributed by atoms with van der Waals surface area (Å²) in [5.74, 6) is -0.00217. The van der Waals surface area contributed by atoms with E-state index in [0.717, 1.165) is 21.5 Å². The largest absolute Gasteiger partial charge is 0.477 e. The van der Waals surface area contributed by atoms with Gasteiger partial charge in [-0.25, -0.2) is 9.78 Å². The van der Waals surface area contributed by atoms with Crippen LogP contribution in [0.5, 0.6) is 0 Å². The van der Waals surface area contributed by atoms with Crippen molar-refractivity contribution < 1.29 is 20.0 Å². The van der Waals surface area contributed by atoms with Crippen LogP contribution in [0.2, 0.25) is 0 Å². The molecule has 0 radical (unpaired) electrons. The molecule has 0 saturated heterocycles. The van der Waals surface area contributed by atoms with Gasteiger partial charge in [0, 0.05) is 54.3 Å². The molecule has 0 saturated carbocycles. The van der Waals surface area contributed by atoms with E-state index >= 15 is 0 Å². The molecule has 178 valence electrons. The molecule has 34 heavy (non-hydrogen) atoms. The Bertz CT molecular complexity index is 1180. The number of pyridine rings is 2. The number of nitrogens with two attached hydrogens (primary N) is 1. The fraction of sp³-hybridized carbons (Fsp3) is 0.280. The summed E-state index contributed by atoms with van der Waals surface area (Å²) in [6, 6.07) is 12.9. The van der Waals surface area contributed by atoms with E-state index in [1.165, 1.54) is 6.07 Å². The Kier molecular flexibility index (Phi) is 8.49. The number of ether oxygens (including phenoxy) is 1. The molecule has 2 aromatic heterocycles. The van der Waals surface area contributed by atoms with Crippen molar-refractivity contribution in [2.24, 2.45) is 5.92 Å². The number of methoxy groups -OCH3 is 1. The number of carboxylic acid groups (broad SMARTS) is 1. The highest BCUT2D eigenvalue weighted by atomic mass is 79.9. The monoisotopic (exact) mass is 526 g/mol. The van der Waals surface area contributed by atoms with Crippen molar-refractivity contribution >= 4 is 44.9 Å². The Balaban J connectivity index is 2.15. The SMILES string of the molecule is COCCN(C)c1ccc(-c2cc(C(=O)O)nc([NH2+]c3cccc(Br)c3)c2C(=N)C(C)C)cn1. The molecule has 4 N–H and O–H groups in total. The third kappa shape index (κ3) is 6.05. The highest BCUT2D eigenvalue weighted by Crippen LogP contribution is 2.31. The van der Waals surface area contributed by atoms with Gasteiger partial charge in [0.05, 0.1) is 12.2 Å². The van der Waals surface area contributed by atoms with Gasteiger partial charge in [0.2, 0.25) is 5.82 Å². The molecule has 8 nitrogen and oxygen atoms in total. The summed E-state index contributed by atoms with van der Waals surface area (Å²) in [4.78, 5) is 22.9. The lowest BCUT2D eigenvalue weighted by Crippen LogP contribution is -2.72. The van der Waals surface area contributed by atoms with Gasteiger partial charge in [0.15, 0.2) is 5.69 Å². The Labute approximate surface area is 207 Å². The number of likely N-dealkylation sites (N-methyl/N-ethyl adjacent to an activating group) is 1. The van der Waals surface area contributed by atoms with Crippen LogP contribution < -0.4 is 10.2 Å². The summed E-state index contributed by atoms with van der Waals surface area (Å²) in [7, 11) is 3.59. The minimum atomic E-state index is -1.13. The fourth-order valence-corrected chi connectivity index (χ4v) is 3.86. The lowest BCUT2D eigenvalue weighted by Gasteiger charge is -2.19. The summed E-state index contributed by atoms with van der Waals surface area (Å²) < 4.78 is 6.03. The second kappa shape index (κ2) is 11.3. The van der Waals surface area contributed by atoms with Crippen LogP contribution in [0.15, 0.2) is 53.1 Å². The molecular formula is C25H29BrN5O3+. The van der Waals surface area contributed by atoms with Crippen LogP contribution in [0.3, 0.4) is 0 Å². The standard InChI is InChI=1S/C25H28BrN5O3/c1-15(2)23(27)22-19(16-8-9-21(28-14-16)31(3)10-11-34-4)13-20(25(32)33)30-24(22)29-18-7-5-6-17(26)12-18/h5-9,12-15,27H,10-11H2,1-4H3,(H,29,30)(H,32,33)/p+1. The topological polar surface area (TPSA) is 116 Å². The third-order valence-electron chi connectivity index (χ3n) is 5.35. The predicted octanol–water partition coefficient (Wildman–Crippen LogP) is 4.24. The van der Waals surface area contributed by atoms with Gasteiger partial charge in [-0.2, -0.15) is 4.98 Å². The summed E-state index contributed by atoms with van der Waals surface area (Å²) in [5, 5.41) is 20.4. The highest BCUT2D eigenvalue weighted by Gasteiger charge is 2.25. The molecule has 3 rings (SSSR count). The highest BCUT2D eigenvalue weighted by molar-refractivity contribution is 9.10. The van der Waals surface area contributed by atoms with E-state index in [4.69, 9.17) is 10.1 Å². The van der Waals surface area contributed by atoms with Gasteiger partial charge < -0.3 is 20.2 Å². The first-order chi connectivity index (χ1) is 16.2. The second-order valence-corrected chi connectivity index (χ2v) is 9.12. The van der Waals surface area contributed by atoms with Crippen LogP contribution in [0.25, 0.3) is 11.1 Å². The van der Waals surface area contributed by atoms with E-state index in [1.807, 2.05) is 67.5 Å². The molecule has 0 fully saturated rings. The van der Waals surface area contributed by atoms with Crippen molar-refractivity contribution in [1.29, 1.82) is 5.41 Å². The zero-order valence-corrected chi connectivity index (χ0v) is 21.3. The van der Waals surface area contributed by atoms with Gasteiger partial charge in [-0.05, 0) is 36.2 Å². The first-order valence-electron chi connectivity index (χ1n) is 10.8. The molecule has 1 aromatic carbocycles. The molecule has 0 aliphatic heterocycles. The number of anilines is 1. The number of rotatable bonds is 10. The molecule has 0 spiro atoms. The van der Waals surface area contributed by atoms with E-state index in [2.05, 4.69) is 25.9 Å². The van der Waals surface area contributed by atoms with Crippen molar-refractivity contribution in [2.45, 2.75) is 13.8 Å². The number of benzene rings is 1. The van der Waals surface area contributed by atoms with Crippen LogP contribution in [0, 0.1) is 11.3 Å². The number of carbonyl (C=O) groups is 1. The summed E-state index contributed by atoms with van der Waals surface area (Å²) in [5.41, 5.74) is 3.08. The van der Waals surface area contributed by atoms with E-state index in [0.29, 0.717) is 35.8 Å². The molecule has 0 aliphatic carbocycles. The summed E-state index contributed by atoms with van der Waals surface area (Å²) >= 11 is 3.47. The van der Waals surface area contributed by atoms with Crippen molar-refractivity contribution in [3.63, 3.8) is 0 Å². The molecule has 3 aromatic rings. The number of aromatic carboxylic acids is 1. The molecule has 0 unspecified atom stereocenters. The van der Waals surface area contributed by atoms with Gasteiger partial charge in [-0.15, -0.1) is 0 Å².